The number of rotatable bonds is 0. The summed E-state index contributed by atoms with van der Waals surface area (Å²) in [7, 11) is 0. The third-order valence-electron chi connectivity index (χ3n) is 2.06. The van der Waals surface area contributed by atoms with Gasteiger partial charge < -0.3 is 4.74 Å². The van der Waals surface area contributed by atoms with E-state index in [1.54, 1.807) is 12.5 Å². The van der Waals surface area contributed by atoms with Crippen molar-refractivity contribution in [1.29, 1.82) is 0 Å². The van der Waals surface area contributed by atoms with Gasteiger partial charge in [0.2, 0.25) is 0 Å². The lowest BCUT2D eigenvalue weighted by atomic mass is 9.95. The van der Waals surface area contributed by atoms with Crippen molar-refractivity contribution in [1.82, 2.24) is 0 Å². The van der Waals surface area contributed by atoms with Gasteiger partial charge in [-0.1, -0.05) is 0 Å². The van der Waals surface area contributed by atoms with Crippen molar-refractivity contribution in [3.63, 3.8) is 0 Å². The highest BCUT2D eigenvalue weighted by molar-refractivity contribution is 5.90. The standard InChI is InChI=1S/C8H11NO/c1-2-4-8-7(3-1)9-5-6-10-8/h5-6,8H,1-4H2. The Labute approximate surface area is 60.6 Å². The molecule has 2 rings (SSSR count). The Morgan fingerprint density at radius 3 is 3.40 bits per heavy atom. The van der Waals surface area contributed by atoms with Gasteiger partial charge in [0.15, 0.2) is 0 Å². The third kappa shape index (κ3) is 0.939. The van der Waals surface area contributed by atoms with Crippen molar-refractivity contribution in [2.45, 2.75) is 31.8 Å². The van der Waals surface area contributed by atoms with Crippen LogP contribution in [0.15, 0.2) is 17.5 Å². The van der Waals surface area contributed by atoms with Crippen molar-refractivity contribution in [3.8, 4) is 0 Å². The number of nitrogens with zero attached hydrogens (tertiary/aromatic N) is 1. The van der Waals surface area contributed by atoms with Crippen LogP contribution < -0.4 is 0 Å². The molecule has 54 valence electrons. The zero-order valence-corrected chi connectivity index (χ0v) is 5.92. The second kappa shape index (κ2) is 2.45. The Bertz CT molecular complexity index is 184. The van der Waals surface area contributed by atoms with E-state index >= 15 is 0 Å². The molecule has 1 aliphatic heterocycles. The second-order valence-electron chi connectivity index (χ2n) is 2.78. The van der Waals surface area contributed by atoms with E-state index in [9.17, 15) is 0 Å². The lowest BCUT2D eigenvalue weighted by molar-refractivity contribution is 0.176. The van der Waals surface area contributed by atoms with Crippen LogP contribution in [-0.4, -0.2) is 11.8 Å². The normalized spacial score (nSPS) is 30.4. The smallest absolute Gasteiger partial charge is 0.136 e. The van der Waals surface area contributed by atoms with Gasteiger partial charge in [0, 0.05) is 0 Å². The molecule has 1 heterocycles. The topological polar surface area (TPSA) is 21.6 Å². The van der Waals surface area contributed by atoms with Gasteiger partial charge in [0.05, 0.1) is 11.9 Å². The van der Waals surface area contributed by atoms with Gasteiger partial charge in [-0.3, -0.25) is 4.99 Å². The van der Waals surface area contributed by atoms with Gasteiger partial charge in [0.1, 0.15) is 12.4 Å². The summed E-state index contributed by atoms with van der Waals surface area (Å²) in [6.45, 7) is 0. The average Bonchev–Trinajstić information content (AvgIpc) is 2.05. The van der Waals surface area contributed by atoms with E-state index in [1.807, 2.05) is 0 Å². The summed E-state index contributed by atoms with van der Waals surface area (Å²) in [6, 6.07) is 0. The molecule has 1 fully saturated rings. The zero-order chi connectivity index (χ0) is 6.81. The molecular weight excluding hydrogens is 126 g/mol. The van der Waals surface area contributed by atoms with Gasteiger partial charge in [-0.25, -0.2) is 0 Å². The van der Waals surface area contributed by atoms with E-state index in [0.717, 1.165) is 12.8 Å². The number of hydrogen-bond donors (Lipinski definition) is 0. The van der Waals surface area contributed by atoms with Crippen LogP contribution in [0.2, 0.25) is 0 Å². The average molecular weight is 137 g/mol. The van der Waals surface area contributed by atoms with Gasteiger partial charge >= 0.3 is 0 Å². The monoisotopic (exact) mass is 137 g/mol. The summed E-state index contributed by atoms with van der Waals surface area (Å²) in [5.74, 6) is 0. The fourth-order valence-electron chi connectivity index (χ4n) is 1.51. The summed E-state index contributed by atoms with van der Waals surface area (Å²) < 4.78 is 5.37. The third-order valence-corrected chi connectivity index (χ3v) is 2.06. The second-order valence-corrected chi connectivity index (χ2v) is 2.78. The number of ether oxygens (including phenoxy) is 1. The highest BCUT2D eigenvalue weighted by Gasteiger charge is 2.21. The molecule has 10 heavy (non-hydrogen) atoms. The van der Waals surface area contributed by atoms with E-state index in [-0.39, 0.29) is 0 Å². The Hall–Kier alpha value is -0.790. The first-order chi connectivity index (χ1) is 4.97. The molecule has 0 radical (unpaired) electrons. The molecule has 1 saturated carbocycles. The summed E-state index contributed by atoms with van der Waals surface area (Å²) in [4.78, 5) is 4.26. The minimum atomic E-state index is 0.318. The molecule has 2 aliphatic rings. The quantitative estimate of drug-likeness (QED) is 0.499. The highest BCUT2D eigenvalue weighted by Crippen LogP contribution is 2.20. The summed E-state index contributed by atoms with van der Waals surface area (Å²) in [5.41, 5.74) is 1.24. The van der Waals surface area contributed by atoms with Crippen molar-refractivity contribution in [2.24, 2.45) is 4.99 Å². The van der Waals surface area contributed by atoms with Crippen molar-refractivity contribution in [2.75, 3.05) is 0 Å². The molecule has 0 aromatic rings. The molecule has 0 aromatic heterocycles. The SMILES string of the molecule is C1=COC2CCCCC2=N1. The van der Waals surface area contributed by atoms with E-state index in [1.165, 1.54) is 18.6 Å². The fourth-order valence-corrected chi connectivity index (χ4v) is 1.51. The Kier molecular flexibility index (Phi) is 1.46. The van der Waals surface area contributed by atoms with Crippen LogP contribution in [-0.2, 0) is 4.74 Å². The number of aliphatic imine (C=N–C) groups is 1. The molecule has 2 heteroatoms. The number of hydrogen-bond acceptors (Lipinski definition) is 2. The van der Waals surface area contributed by atoms with Crippen LogP contribution in [0.1, 0.15) is 25.7 Å². The molecule has 1 aliphatic carbocycles. The van der Waals surface area contributed by atoms with Crippen molar-refractivity contribution < 1.29 is 4.74 Å². The minimum absolute atomic E-state index is 0.318. The van der Waals surface area contributed by atoms with Crippen LogP contribution in [0.5, 0.6) is 0 Å². The van der Waals surface area contributed by atoms with Crippen LogP contribution in [0.4, 0.5) is 0 Å². The first-order valence-corrected chi connectivity index (χ1v) is 3.84. The van der Waals surface area contributed by atoms with Crippen molar-refractivity contribution >= 4 is 5.71 Å². The van der Waals surface area contributed by atoms with Crippen LogP contribution in [0.3, 0.4) is 0 Å². The highest BCUT2D eigenvalue weighted by atomic mass is 16.5. The molecule has 0 spiro atoms. The first-order valence-electron chi connectivity index (χ1n) is 3.84. The number of fused-ring (bicyclic) bond motifs is 1. The molecule has 1 unspecified atom stereocenters. The first kappa shape index (κ1) is 5.96. The van der Waals surface area contributed by atoms with Crippen LogP contribution in [0, 0.1) is 0 Å². The summed E-state index contributed by atoms with van der Waals surface area (Å²) in [6.07, 6.45) is 8.62. The maximum Gasteiger partial charge on any atom is 0.136 e. The Morgan fingerprint density at radius 1 is 1.50 bits per heavy atom. The minimum Gasteiger partial charge on any atom is -0.490 e. The lowest BCUT2D eigenvalue weighted by Crippen LogP contribution is -2.27. The van der Waals surface area contributed by atoms with Gasteiger partial charge in [-0.2, -0.15) is 0 Å². The molecule has 0 amide bonds. The summed E-state index contributed by atoms with van der Waals surface area (Å²) >= 11 is 0. The van der Waals surface area contributed by atoms with E-state index in [0.29, 0.717) is 6.10 Å². The van der Waals surface area contributed by atoms with Crippen LogP contribution >= 0.6 is 0 Å². The zero-order valence-electron chi connectivity index (χ0n) is 5.92. The van der Waals surface area contributed by atoms with Gasteiger partial charge in [0.25, 0.3) is 0 Å². The molecular formula is C8H11NO. The van der Waals surface area contributed by atoms with Gasteiger partial charge in [-0.15, -0.1) is 0 Å². The maximum atomic E-state index is 5.37. The largest absolute Gasteiger partial charge is 0.490 e. The van der Waals surface area contributed by atoms with Gasteiger partial charge in [-0.05, 0) is 25.7 Å². The molecule has 0 saturated heterocycles. The fraction of sp³-hybridized carbons (Fsp3) is 0.625. The van der Waals surface area contributed by atoms with E-state index in [4.69, 9.17) is 4.74 Å². The van der Waals surface area contributed by atoms with E-state index in [2.05, 4.69) is 4.99 Å². The molecule has 0 bridgehead atoms. The predicted molar refractivity (Wildman–Crippen MR) is 39.9 cm³/mol. The molecule has 2 nitrogen and oxygen atoms in total. The molecule has 1 atom stereocenters. The Balaban J connectivity index is 2.14. The lowest BCUT2D eigenvalue weighted by Gasteiger charge is -2.24. The maximum absolute atomic E-state index is 5.37. The van der Waals surface area contributed by atoms with Crippen molar-refractivity contribution in [3.05, 3.63) is 12.5 Å². The Morgan fingerprint density at radius 2 is 2.50 bits per heavy atom. The van der Waals surface area contributed by atoms with E-state index < -0.39 is 0 Å². The predicted octanol–water partition coefficient (Wildman–Crippen LogP) is 1.87. The van der Waals surface area contributed by atoms with Crippen LogP contribution in [0.25, 0.3) is 0 Å². The molecule has 0 aromatic carbocycles. The molecule has 0 N–H and O–H groups in total. The summed E-state index contributed by atoms with van der Waals surface area (Å²) in [5, 5.41) is 0.